The third-order valence-corrected chi connectivity index (χ3v) is 2.49. The molecule has 0 saturated heterocycles. The predicted octanol–water partition coefficient (Wildman–Crippen LogP) is 1.16. The molecule has 0 spiro atoms. The van der Waals surface area contributed by atoms with Crippen molar-refractivity contribution in [3.05, 3.63) is 0 Å². The van der Waals surface area contributed by atoms with E-state index in [0.717, 1.165) is 0 Å². The van der Waals surface area contributed by atoms with Gasteiger partial charge in [0.25, 0.3) is 0 Å². The summed E-state index contributed by atoms with van der Waals surface area (Å²) in [6.07, 6.45) is -0.169. The normalized spacial score (nSPS) is 18.0. The van der Waals surface area contributed by atoms with Gasteiger partial charge in [-0.3, -0.25) is 0 Å². The topological polar surface area (TPSA) is 52.0 Å². The van der Waals surface area contributed by atoms with E-state index in [4.69, 9.17) is 11.5 Å². The summed E-state index contributed by atoms with van der Waals surface area (Å²) in [5.41, 5.74) is 11.1. The Morgan fingerprint density at radius 2 is 1.20 bits per heavy atom. The summed E-state index contributed by atoms with van der Waals surface area (Å²) in [7, 11) is 0. The maximum absolute atomic E-state index is 5.55. The maximum atomic E-state index is 5.55. The second-order valence-corrected chi connectivity index (χ2v) is 3.54. The summed E-state index contributed by atoms with van der Waals surface area (Å²) >= 11 is 0. The summed E-state index contributed by atoms with van der Waals surface area (Å²) < 4.78 is 0. The van der Waals surface area contributed by atoms with Crippen molar-refractivity contribution in [1.29, 1.82) is 0 Å². The minimum Gasteiger partial charge on any atom is -0.316 e. The summed E-state index contributed by atoms with van der Waals surface area (Å²) in [4.78, 5) is 0. The highest BCUT2D eigenvalue weighted by Crippen LogP contribution is 2.20. The van der Waals surface area contributed by atoms with Crippen LogP contribution in [0.4, 0.5) is 0 Å². The van der Waals surface area contributed by atoms with E-state index in [-0.39, 0.29) is 6.17 Å². The molecule has 2 nitrogen and oxygen atoms in total. The summed E-state index contributed by atoms with van der Waals surface area (Å²) in [5, 5.41) is 0. The smallest absolute Gasteiger partial charge is 0.0549 e. The van der Waals surface area contributed by atoms with Crippen LogP contribution in [-0.2, 0) is 0 Å². The van der Waals surface area contributed by atoms with Gasteiger partial charge < -0.3 is 11.5 Å². The molecule has 2 unspecified atom stereocenters. The van der Waals surface area contributed by atoms with Crippen molar-refractivity contribution >= 4 is 0 Å². The molecule has 0 aromatic rings. The molecule has 0 heterocycles. The number of rotatable bonds is 3. The maximum Gasteiger partial charge on any atom is 0.0549 e. The molecule has 0 aliphatic heterocycles. The van der Waals surface area contributed by atoms with Gasteiger partial charge >= 0.3 is 0 Å². The molecule has 10 heavy (non-hydrogen) atoms. The van der Waals surface area contributed by atoms with E-state index in [1.165, 1.54) is 0 Å². The minimum absolute atomic E-state index is 0.169. The number of hydrogen-bond donors (Lipinski definition) is 2. The fourth-order valence-electron chi connectivity index (χ4n) is 0.958. The Balaban J connectivity index is 3.81. The lowest BCUT2D eigenvalue weighted by atomic mass is 9.85. The summed E-state index contributed by atoms with van der Waals surface area (Å²) in [5.74, 6) is 1.70. The van der Waals surface area contributed by atoms with Gasteiger partial charge in [0.2, 0.25) is 0 Å². The first kappa shape index (κ1) is 9.92. The van der Waals surface area contributed by atoms with Gasteiger partial charge in [0.05, 0.1) is 6.17 Å². The van der Waals surface area contributed by atoms with Crippen molar-refractivity contribution in [2.45, 2.75) is 33.9 Å². The van der Waals surface area contributed by atoms with Crippen molar-refractivity contribution in [3.8, 4) is 0 Å². The molecule has 2 atom stereocenters. The average molecular weight is 144 g/mol. The van der Waals surface area contributed by atoms with E-state index < -0.39 is 0 Å². The molecular weight excluding hydrogens is 124 g/mol. The van der Waals surface area contributed by atoms with Crippen molar-refractivity contribution in [3.63, 3.8) is 0 Å². The molecule has 0 radical (unpaired) electrons. The van der Waals surface area contributed by atoms with Gasteiger partial charge in [0.15, 0.2) is 0 Å². The lowest BCUT2D eigenvalue weighted by Gasteiger charge is -2.25. The first-order chi connectivity index (χ1) is 4.46. The molecule has 0 aliphatic rings. The van der Waals surface area contributed by atoms with E-state index in [1.807, 2.05) is 0 Å². The lowest BCUT2D eigenvalue weighted by Crippen LogP contribution is -2.41. The quantitative estimate of drug-likeness (QED) is 0.584. The lowest BCUT2D eigenvalue weighted by molar-refractivity contribution is 0.259. The molecule has 0 aromatic carbocycles. The largest absolute Gasteiger partial charge is 0.316 e. The van der Waals surface area contributed by atoms with Crippen LogP contribution in [0.5, 0.6) is 0 Å². The molecule has 0 fully saturated rings. The van der Waals surface area contributed by atoms with Gasteiger partial charge in [-0.05, 0) is 17.8 Å². The van der Waals surface area contributed by atoms with Crippen molar-refractivity contribution in [2.75, 3.05) is 0 Å². The average Bonchev–Trinajstić information content (AvgIpc) is 1.84. The molecule has 0 amide bonds. The Morgan fingerprint density at radius 1 is 0.800 bits per heavy atom. The van der Waals surface area contributed by atoms with Crippen LogP contribution in [0.3, 0.4) is 0 Å². The van der Waals surface area contributed by atoms with E-state index in [1.54, 1.807) is 0 Å². The molecule has 4 N–H and O–H groups in total. The summed E-state index contributed by atoms with van der Waals surface area (Å²) in [6, 6.07) is 0. The fourth-order valence-corrected chi connectivity index (χ4v) is 0.958. The molecule has 0 rings (SSSR count). The van der Waals surface area contributed by atoms with Crippen LogP contribution in [-0.4, -0.2) is 6.17 Å². The van der Waals surface area contributed by atoms with Crippen LogP contribution < -0.4 is 11.5 Å². The van der Waals surface area contributed by atoms with Gasteiger partial charge in [0, 0.05) is 0 Å². The number of hydrogen-bond acceptors (Lipinski definition) is 2. The molecule has 0 aromatic heterocycles. The molecule has 0 aliphatic carbocycles. The second kappa shape index (κ2) is 3.94. The van der Waals surface area contributed by atoms with Gasteiger partial charge in [0.1, 0.15) is 0 Å². The third kappa shape index (κ3) is 2.67. The van der Waals surface area contributed by atoms with E-state index >= 15 is 0 Å². The highest BCUT2D eigenvalue weighted by Gasteiger charge is 2.18. The Labute approximate surface area is 64.0 Å². The van der Waals surface area contributed by atoms with Crippen molar-refractivity contribution in [2.24, 2.45) is 29.2 Å². The minimum atomic E-state index is -0.169. The zero-order chi connectivity index (χ0) is 8.31. The molecule has 0 saturated carbocycles. The van der Waals surface area contributed by atoms with Crippen molar-refractivity contribution < 1.29 is 0 Å². The van der Waals surface area contributed by atoms with Crippen molar-refractivity contribution in [1.82, 2.24) is 0 Å². The Kier molecular flexibility index (Phi) is 3.91. The highest BCUT2D eigenvalue weighted by atomic mass is 14.9. The molecule has 0 bridgehead atoms. The fraction of sp³-hybridized carbons (Fsp3) is 1.00. The first-order valence-electron chi connectivity index (χ1n) is 3.98. The van der Waals surface area contributed by atoms with Crippen LogP contribution in [0, 0.1) is 17.8 Å². The summed E-state index contributed by atoms with van der Waals surface area (Å²) in [6.45, 7) is 8.70. The van der Waals surface area contributed by atoms with Crippen LogP contribution in [0.1, 0.15) is 27.7 Å². The molecule has 62 valence electrons. The van der Waals surface area contributed by atoms with Crippen LogP contribution in [0.15, 0.2) is 0 Å². The first-order valence-corrected chi connectivity index (χ1v) is 3.98. The van der Waals surface area contributed by atoms with Crippen LogP contribution in [0.2, 0.25) is 0 Å². The van der Waals surface area contributed by atoms with E-state index in [0.29, 0.717) is 17.8 Å². The van der Waals surface area contributed by atoms with Gasteiger partial charge in [-0.15, -0.1) is 0 Å². The van der Waals surface area contributed by atoms with E-state index in [2.05, 4.69) is 27.7 Å². The van der Waals surface area contributed by atoms with Crippen LogP contribution >= 0.6 is 0 Å². The monoisotopic (exact) mass is 144 g/mol. The predicted molar refractivity (Wildman–Crippen MR) is 45.3 cm³/mol. The Bertz CT molecular complexity index is 77.3. The second-order valence-electron chi connectivity index (χ2n) is 3.54. The standard InChI is InChI=1S/C8H20N2/c1-5(2)6(3)7(4)8(9)10/h5-8H,9-10H2,1-4H3. The van der Waals surface area contributed by atoms with E-state index in [9.17, 15) is 0 Å². The molecular formula is C8H20N2. The van der Waals surface area contributed by atoms with Crippen LogP contribution in [0.25, 0.3) is 0 Å². The zero-order valence-corrected chi connectivity index (χ0v) is 7.46. The third-order valence-electron chi connectivity index (χ3n) is 2.49. The number of nitrogens with two attached hydrogens (primary N) is 2. The van der Waals surface area contributed by atoms with Gasteiger partial charge in [-0.25, -0.2) is 0 Å². The van der Waals surface area contributed by atoms with Gasteiger partial charge in [-0.2, -0.15) is 0 Å². The zero-order valence-electron chi connectivity index (χ0n) is 7.46. The Morgan fingerprint density at radius 3 is 1.30 bits per heavy atom. The Hall–Kier alpha value is -0.0800. The SMILES string of the molecule is CC(C)C(C)C(C)C(N)N. The van der Waals surface area contributed by atoms with Gasteiger partial charge in [-0.1, -0.05) is 27.7 Å². The molecule has 2 heteroatoms. The highest BCUT2D eigenvalue weighted by molar-refractivity contribution is 4.70.